The number of methoxy groups -OCH3 is 1. The first-order valence-corrected chi connectivity index (χ1v) is 15.5. The van der Waals surface area contributed by atoms with Gasteiger partial charge in [0.2, 0.25) is 0 Å². The molecule has 8 rings (SSSR count). The first kappa shape index (κ1) is 28.6. The third-order valence-corrected chi connectivity index (χ3v) is 10.2. The number of benzene rings is 3. The lowest BCUT2D eigenvalue weighted by Crippen LogP contribution is -2.52. The maximum atomic E-state index is 16.9. The molecule has 0 saturated carbocycles. The smallest absolute Gasteiger partial charge is 0.319 e. The molecule has 236 valence electrons. The van der Waals surface area contributed by atoms with Crippen LogP contribution in [0.15, 0.2) is 30.3 Å². The number of fused-ring (bicyclic) bond motifs is 5. The summed E-state index contributed by atoms with van der Waals surface area (Å²) in [5, 5.41) is 14.2. The maximum Gasteiger partial charge on any atom is 0.319 e. The summed E-state index contributed by atoms with van der Waals surface area (Å²) in [4.78, 5) is 13.4. The molecule has 3 aromatic carbocycles. The van der Waals surface area contributed by atoms with E-state index in [2.05, 4.69) is 20.1 Å². The number of phenolic OH excluding ortho intramolecular Hbond substituents is 1. The van der Waals surface area contributed by atoms with E-state index >= 15 is 13.2 Å². The molecule has 2 unspecified atom stereocenters. The number of ether oxygens (including phenoxy) is 2. The molecule has 0 radical (unpaired) electrons. The van der Waals surface area contributed by atoms with E-state index in [0.29, 0.717) is 31.9 Å². The first-order valence-electron chi connectivity index (χ1n) is 15.5. The number of alkyl halides is 1. The molecule has 4 fully saturated rings. The van der Waals surface area contributed by atoms with Crippen molar-refractivity contribution in [3.05, 3.63) is 47.8 Å². The van der Waals surface area contributed by atoms with E-state index in [0.717, 1.165) is 38.3 Å². The molecule has 5 heterocycles. The van der Waals surface area contributed by atoms with Gasteiger partial charge >= 0.3 is 6.01 Å². The highest BCUT2D eigenvalue weighted by atomic mass is 19.1. The number of phenols is 1. The Morgan fingerprint density at radius 3 is 2.64 bits per heavy atom. The Kier molecular flexibility index (Phi) is 6.72. The van der Waals surface area contributed by atoms with Crippen LogP contribution >= 0.6 is 0 Å². The third-order valence-electron chi connectivity index (χ3n) is 10.2. The Morgan fingerprint density at radius 2 is 1.87 bits per heavy atom. The van der Waals surface area contributed by atoms with Crippen molar-refractivity contribution in [3.8, 4) is 28.6 Å². The summed E-state index contributed by atoms with van der Waals surface area (Å²) in [6.07, 6.45) is 2.81. The second-order valence-corrected chi connectivity index (χ2v) is 12.7. The highest BCUT2D eigenvalue weighted by Crippen LogP contribution is 2.48. The highest BCUT2D eigenvalue weighted by Gasteiger charge is 2.49. The van der Waals surface area contributed by atoms with Gasteiger partial charge in [-0.1, -0.05) is 12.1 Å². The molecule has 2 bridgehead atoms. The number of piperazine rings is 1. The van der Waals surface area contributed by atoms with Crippen molar-refractivity contribution in [3.63, 3.8) is 0 Å². The lowest BCUT2D eigenvalue weighted by atomic mass is 9.94. The average Bonchev–Trinajstić information content (AvgIpc) is 3.62. The molecule has 1 aromatic heterocycles. The lowest BCUT2D eigenvalue weighted by molar-refractivity contribution is 0.107. The van der Waals surface area contributed by atoms with E-state index in [9.17, 15) is 9.50 Å². The summed E-state index contributed by atoms with van der Waals surface area (Å²) in [6, 6.07) is 6.62. The predicted molar refractivity (Wildman–Crippen MR) is 161 cm³/mol. The molecular weight excluding hydrogens is 590 g/mol. The number of aromatic nitrogens is 2. The van der Waals surface area contributed by atoms with Gasteiger partial charge < -0.3 is 24.8 Å². The van der Waals surface area contributed by atoms with Crippen LogP contribution in [0.1, 0.15) is 32.1 Å². The number of hydrogen-bond acceptors (Lipinski definition) is 8. The predicted octanol–water partition coefficient (Wildman–Crippen LogP) is 5.48. The number of hydrogen-bond donors (Lipinski definition) is 2. The largest absolute Gasteiger partial charge is 0.508 e. The van der Waals surface area contributed by atoms with Gasteiger partial charge in [0.25, 0.3) is 0 Å². The Morgan fingerprint density at radius 1 is 1.07 bits per heavy atom. The Labute approximate surface area is 256 Å². The van der Waals surface area contributed by atoms with Crippen LogP contribution < -0.4 is 19.7 Å². The minimum Gasteiger partial charge on any atom is -0.508 e. The van der Waals surface area contributed by atoms with Crippen LogP contribution in [-0.4, -0.2) is 83.7 Å². The second-order valence-electron chi connectivity index (χ2n) is 12.7. The molecule has 12 heteroatoms. The van der Waals surface area contributed by atoms with Gasteiger partial charge in [-0.2, -0.15) is 9.97 Å². The summed E-state index contributed by atoms with van der Waals surface area (Å²) in [5.41, 5.74) is -1.50. The molecule has 45 heavy (non-hydrogen) atoms. The molecule has 4 atom stereocenters. The molecule has 0 amide bonds. The van der Waals surface area contributed by atoms with E-state index in [4.69, 9.17) is 14.5 Å². The minimum absolute atomic E-state index is 0.0281. The highest BCUT2D eigenvalue weighted by molar-refractivity contribution is 6.04. The van der Waals surface area contributed by atoms with Gasteiger partial charge in [-0.05, 0) is 55.8 Å². The van der Waals surface area contributed by atoms with Crippen molar-refractivity contribution in [2.45, 2.75) is 55.9 Å². The van der Waals surface area contributed by atoms with Crippen LogP contribution in [0.3, 0.4) is 0 Å². The Hall–Kier alpha value is -3.90. The molecule has 4 aromatic rings. The van der Waals surface area contributed by atoms with Crippen molar-refractivity contribution < 1.29 is 32.1 Å². The standard InChI is InChI=1S/C33H33F4N5O3/c1-44-30-26-29(27(36)25(28(30)37)22-11-21(43)10-17-4-2-5-23(35)24(17)22)39-32(40-31(26)42-19-6-7-20(42)14-38-13-19)45-16-33-8-3-9-41(33)15-18(34)12-33/h2,4-5,10-11,18-20,38,43H,3,6-9,12-16H2,1H3/t18-,19?,20?,33+/m1/s1. The van der Waals surface area contributed by atoms with Crippen molar-refractivity contribution in [2.24, 2.45) is 0 Å². The quantitative estimate of drug-likeness (QED) is 0.274. The van der Waals surface area contributed by atoms with Gasteiger partial charge in [0.15, 0.2) is 17.4 Å². The van der Waals surface area contributed by atoms with Gasteiger partial charge in [-0.15, -0.1) is 0 Å². The van der Waals surface area contributed by atoms with Crippen molar-refractivity contribution >= 4 is 27.5 Å². The van der Waals surface area contributed by atoms with E-state index in [-0.39, 0.29) is 63.4 Å². The van der Waals surface area contributed by atoms with Crippen LogP contribution in [0.4, 0.5) is 23.4 Å². The topological polar surface area (TPSA) is 83.0 Å². The monoisotopic (exact) mass is 623 g/mol. The van der Waals surface area contributed by atoms with E-state index in [1.165, 1.54) is 25.3 Å². The fraction of sp³-hybridized carbons (Fsp3) is 0.455. The molecule has 0 spiro atoms. The van der Waals surface area contributed by atoms with Crippen LogP contribution in [0.5, 0.6) is 17.5 Å². The number of anilines is 1. The van der Waals surface area contributed by atoms with E-state index in [1.54, 1.807) is 6.07 Å². The average molecular weight is 624 g/mol. The SMILES string of the molecule is COc1c(F)c(-c2cc(O)cc3cccc(F)c23)c(F)c2nc(OC[C@@]34CCCN3C[C@H](F)C4)nc(N3C4CCC3CNC4)c12. The molecular formula is C33H33F4N5O3. The van der Waals surface area contributed by atoms with Crippen molar-refractivity contribution in [1.29, 1.82) is 0 Å². The molecule has 2 N–H and O–H groups in total. The summed E-state index contributed by atoms with van der Waals surface area (Å²) < 4.78 is 75.1. The number of halogens is 4. The molecule has 0 aliphatic carbocycles. The zero-order valence-corrected chi connectivity index (χ0v) is 24.8. The zero-order valence-electron chi connectivity index (χ0n) is 24.8. The van der Waals surface area contributed by atoms with Gasteiger partial charge in [0.1, 0.15) is 35.7 Å². The second kappa shape index (κ2) is 10.6. The Bertz CT molecular complexity index is 1830. The van der Waals surface area contributed by atoms with Crippen LogP contribution in [0, 0.1) is 17.5 Å². The van der Waals surface area contributed by atoms with Crippen LogP contribution in [-0.2, 0) is 0 Å². The molecule has 4 saturated heterocycles. The van der Waals surface area contributed by atoms with Crippen LogP contribution in [0.25, 0.3) is 32.8 Å². The third kappa shape index (κ3) is 4.39. The van der Waals surface area contributed by atoms with E-state index < -0.39 is 34.7 Å². The van der Waals surface area contributed by atoms with Gasteiger partial charge in [-0.25, -0.2) is 17.6 Å². The molecule has 4 aliphatic rings. The number of rotatable bonds is 6. The lowest BCUT2D eigenvalue weighted by Gasteiger charge is -2.37. The number of nitrogens with zero attached hydrogens (tertiary/aromatic N) is 4. The molecule has 8 nitrogen and oxygen atoms in total. The zero-order chi connectivity index (χ0) is 31.0. The summed E-state index contributed by atoms with van der Waals surface area (Å²) >= 11 is 0. The number of aromatic hydroxyl groups is 1. The van der Waals surface area contributed by atoms with Crippen molar-refractivity contribution in [2.75, 3.05) is 44.8 Å². The summed E-state index contributed by atoms with van der Waals surface area (Å²) in [6.45, 7) is 2.60. The summed E-state index contributed by atoms with van der Waals surface area (Å²) in [5.74, 6) is -3.08. The van der Waals surface area contributed by atoms with Gasteiger partial charge in [0, 0.05) is 49.1 Å². The first-order chi connectivity index (χ1) is 21.8. The number of nitrogens with one attached hydrogen (secondary N) is 1. The van der Waals surface area contributed by atoms with Gasteiger partial charge in [-0.3, -0.25) is 4.90 Å². The normalized spacial score (nSPS) is 26.2. The maximum absolute atomic E-state index is 16.9. The van der Waals surface area contributed by atoms with Gasteiger partial charge in [0.05, 0.1) is 23.6 Å². The fourth-order valence-corrected chi connectivity index (χ4v) is 8.25. The molecule has 4 aliphatic heterocycles. The van der Waals surface area contributed by atoms with Crippen LogP contribution in [0.2, 0.25) is 0 Å². The Balaban J connectivity index is 1.35. The van der Waals surface area contributed by atoms with E-state index in [1.807, 2.05) is 0 Å². The fourth-order valence-electron chi connectivity index (χ4n) is 8.25. The summed E-state index contributed by atoms with van der Waals surface area (Å²) in [7, 11) is 1.28. The minimum atomic E-state index is -1.06. The van der Waals surface area contributed by atoms with Crippen molar-refractivity contribution in [1.82, 2.24) is 20.2 Å².